The number of benzene rings is 1. The second-order valence-electron chi connectivity index (χ2n) is 4.90. The lowest BCUT2D eigenvalue weighted by Gasteiger charge is -2.32. The number of hydrogen-bond acceptors (Lipinski definition) is 4. The molecule has 0 aliphatic rings. The van der Waals surface area contributed by atoms with E-state index < -0.39 is 18.1 Å². The van der Waals surface area contributed by atoms with Crippen LogP contribution in [-0.2, 0) is 0 Å². The molecule has 0 aliphatic carbocycles. The fourth-order valence-corrected chi connectivity index (χ4v) is 1.90. The van der Waals surface area contributed by atoms with E-state index in [-0.39, 0.29) is 18.0 Å². The van der Waals surface area contributed by atoms with Crippen LogP contribution in [0.2, 0.25) is 0 Å². The molecule has 1 aromatic carbocycles. The summed E-state index contributed by atoms with van der Waals surface area (Å²) in [5.74, 6) is 0.0849. The summed E-state index contributed by atoms with van der Waals surface area (Å²) in [5.41, 5.74) is 5.63. The fourth-order valence-electron chi connectivity index (χ4n) is 1.90. The van der Waals surface area contributed by atoms with Crippen molar-refractivity contribution in [1.29, 1.82) is 0 Å². The van der Waals surface area contributed by atoms with Crippen molar-refractivity contribution < 1.29 is 23.4 Å². The zero-order valence-electron chi connectivity index (χ0n) is 11.9. The van der Waals surface area contributed by atoms with Crippen molar-refractivity contribution in [3.63, 3.8) is 0 Å². The SMILES string of the molecule is CCC(C)(CN)C(O)c1ccc(OC)c(OC(F)F)c1. The normalized spacial score (nSPS) is 15.8. The average molecular weight is 289 g/mol. The van der Waals surface area contributed by atoms with Crippen molar-refractivity contribution in [2.24, 2.45) is 11.1 Å². The maximum absolute atomic E-state index is 12.4. The molecule has 114 valence electrons. The molecule has 0 spiro atoms. The van der Waals surface area contributed by atoms with Crippen molar-refractivity contribution in [2.75, 3.05) is 13.7 Å². The minimum absolute atomic E-state index is 0.102. The molecule has 0 bridgehead atoms. The highest BCUT2D eigenvalue weighted by Gasteiger charge is 2.31. The van der Waals surface area contributed by atoms with Gasteiger partial charge in [0.05, 0.1) is 13.2 Å². The van der Waals surface area contributed by atoms with Gasteiger partial charge in [0.2, 0.25) is 0 Å². The molecule has 0 fully saturated rings. The van der Waals surface area contributed by atoms with Gasteiger partial charge in [0.1, 0.15) is 0 Å². The summed E-state index contributed by atoms with van der Waals surface area (Å²) in [4.78, 5) is 0. The molecule has 0 aliphatic heterocycles. The van der Waals surface area contributed by atoms with Crippen LogP contribution < -0.4 is 15.2 Å². The first kappa shape index (κ1) is 16.7. The number of methoxy groups -OCH3 is 1. The standard InChI is InChI=1S/C14H21F2NO3/c1-4-14(2,8-17)12(18)9-5-6-10(19-3)11(7-9)20-13(15)16/h5-7,12-13,18H,4,8,17H2,1-3H3. The van der Waals surface area contributed by atoms with Gasteiger partial charge in [-0.1, -0.05) is 19.9 Å². The first-order valence-electron chi connectivity index (χ1n) is 6.38. The Hall–Kier alpha value is -1.40. The van der Waals surface area contributed by atoms with Gasteiger partial charge in [-0.25, -0.2) is 0 Å². The van der Waals surface area contributed by atoms with Gasteiger partial charge in [0.15, 0.2) is 11.5 Å². The second kappa shape index (κ2) is 6.85. The molecule has 2 unspecified atom stereocenters. The molecule has 6 heteroatoms. The highest BCUT2D eigenvalue weighted by molar-refractivity contribution is 5.44. The lowest BCUT2D eigenvalue weighted by atomic mass is 9.78. The van der Waals surface area contributed by atoms with Crippen molar-refractivity contribution >= 4 is 0 Å². The maximum atomic E-state index is 12.4. The summed E-state index contributed by atoms with van der Waals surface area (Å²) in [7, 11) is 1.36. The van der Waals surface area contributed by atoms with E-state index in [4.69, 9.17) is 10.5 Å². The number of ether oxygens (including phenoxy) is 2. The maximum Gasteiger partial charge on any atom is 0.387 e. The van der Waals surface area contributed by atoms with Crippen LogP contribution in [0.5, 0.6) is 11.5 Å². The highest BCUT2D eigenvalue weighted by atomic mass is 19.3. The van der Waals surface area contributed by atoms with E-state index in [9.17, 15) is 13.9 Å². The van der Waals surface area contributed by atoms with E-state index >= 15 is 0 Å². The largest absolute Gasteiger partial charge is 0.493 e. The van der Waals surface area contributed by atoms with Crippen LogP contribution in [0.25, 0.3) is 0 Å². The lowest BCUT2D eigenvalue weighted by molar-refractivity contribution is -0.0515. The summed E-state index contributed by atoms with van der Waals surface area (Å²) >= 11 is 0. The van der Waals surface area contributed by atoms with Crippen LogP contribution in [-0.4, -0.2) is 25.4 Å². The van der Waals surface area contributed by atoms with Gasteiger partial charge in [-0.3, -0.25) is 0 Å². The molecule has 0 saturated heterocycles. The number of rotatable bonds is 7. The summed E-state index contributed by atoms with van der Waals surface area (Å²) in [6.45, 7) is 1.08. The van der Waals surface area contributed by atoms with Gasteiger partial charge in [-0.15, -0.1) is 0 Å². The Bertz CT molecular complexity index is 436. The Balaban J connectivity index is 3.13. The Morgan fingerprint density at radius 2 is 2.00 bits per heavy atom. The van der Waals surface area contributed by atoms with Crippen molar-refractivity contribution in [1.82, 2.24) is 0 Å². The molecule has 4 nitrogen and oxygen atoms in total. The number of aliphatic hydroxyl groups is 1. The zero-order valence-corrected chi connectivity index (χ0v) is 11.9. The molecule has 0 amide bonds. The van der Waals surface area contributed by atoms with E-state index in [0.717, 1.165) is 0 Å². The Morgan fingerprint density at radius 3 is 2.45 bits per heavy atom. The Kier molecular flexibility index (Phi) is 5.71. The number of alkyl halides is 2. The summed E-state index contributed by atoms with van der Waals surface area (Å²) in [6, 6.07) is 4.47. The monoisotopic (exact) mass is 289 g/mol. The lowest BCUT2D eigenvalue weighted by Crippen LogP contribution is -2.33. The van der Waals surface area contributed by atoms with Crippen molar-refractivity contribution in [3.8, 4) is 11.5 Å². The first-order valence-corrected chi connectivity index (χ1v) is 6.38. The average Bonchev–Trinajstić information content (AvgIpc) is 2.45. The molecule has 0 radical (unpaired) electrons. The topological polar surface area (TPSA) is 64.7 Å². The predicted octanol–water partition coefficient (Wildman–Crippen LogP) is 2.71. The fraction of sp³-hybridized carbons (Fsp3) is 0.571. The predicted molar refractivity (Wildman–Crippen MR) is 72.0 cm³/mol. The number of nitrogens with two attached hydrogens (primary N) is 1. The van der Waals surface area contributed by atoms with Gasteiger partial charge < -0.3 is 20.3 Å². The van der Waals surface area contributed by atoms with E-state index in [2.05, 4.69) is 4.74 Å². The second-order valence-corrected chi connectivity index (χ2v) is 4.90. The summed E-state index contributed by atoms with van der Waals surface area (Å²) in [6.07, 6.45) is -0.217. The van der Waals surface area contributed by atoms with E-state index in [1.165, 1.54) is 19.2 Å². The highest BCUT2D eigenvalue weighted by Crippen LogP contribution is 2.39. The van der Waals surface area contributed by atoms with Crippen LogP contribution in [0.4, 0.5) is 8.78 Å². The van der Waals surface area contributed by atoms with Gasteiger partial charge in [0.25, 0.3) is 0 Å². The number of hydrogen-bond donors (Lipinski definition) is 2. The molecule has 0 saturated carbocycles. The smallest absolute Gasteiger partial charge is 0.387 e. The summed E-state index contributed by atoms with van der Waals surface area (Å²) < 4.78 is 34.1. The van der Waals surface area contributed by atoms with Gasteiger partial charge in [-0.2, -0.15) is 8.78 Å². The molecule has 0 heterocycles. The zero-order chi connectivity index (χ0) is 15.3. The third-order valence-corrected chi connectivity index (χ3v) is 3.65. The Labute approximate surface area is 117 Å². The first-order chi connectivity index (χ1) is 9.37. The van der Waals surface area contributed by atoms with Crippen LogP contribution in [0.15, 0.2) is 18.2 Å². The van der Waals surface area contributed by atoms with E-state index in [0.29, 0.717) is 12.0 Å². The van der Waals surface area contributed by atoms with E-state index in [1.807, 2.05) is 13.8 Å². The molecular weight excluding hydrogens is 268 g/mol. The van der Waals surface area contributed by atoms with Gasteiger partial charge >= 0.3 is 6.61 Å². The van der Waals surface area contributed by atoms with Crippen molar-refractivity contribution in [2.45, 2.75) is 33.0 Å². The van der Waals surface area contributed by atoms with Crippen molar-refractivity contribution in [3.05, 3.63) is 23.8 Å². The molecule has 2 atom stereocenters. The van der Waals surface area contributed by atoms with Gasteiger partial charge in [-0.05, 0) is 24.1 Å². The molecule has 1 aromatic rings. The molecule has 3 N–H and O–H groups in total. The number of aliphatic hydroxyl groups excluding tert-OH is 1. The van der Waals surface area contributed by atoms with Crippen LogP contribution in [0.1, 0.15) is 31.9 Å². The van der Waals surface area contributed by atoms with Crippen LogP contribution in [0, 0.1) is 5.41 Å². The minimum atomic E-state index is -2.96. The minimum Gasteiger partial charge on any atom is -0.493 e. The molecule has 20 heavy (non-hydrogen) atoms. The molecular formula is C14H21F2NO3. The quantitative estimate of drug-likeness (QED) is 0.810. The third kappa shape index (κ3) is 3.58. The van der Waals surface area contributed by atoms with E-state index in [1.54, 1.807) is 6.07 Å². The third-order valence-electron chi connectivity index (χ3n) is 3.65. The van der Waals surface area contributed by atoms with Gasteiger partial charge in [0, 0.05) is 12.0 Å². The van der Waals surface area contributed by atoms with Crippen LogP contribution >= 0.6 is 0 Å². The number of halogens is 2. The Morgan fingerprint density at radius 1 is 1.35 bits per heavy atom. The van der Waals surface area contributed by atoms with Crippen LogP contribution in [0.3, 0.4) is 0 Å². The summed E-state index contributed by atoms with van der Waals surface area (Å²) in [5, 5.41) is 10.4. The molecule has 0 aromatic heterocycles. The molecule has 1 rings (SSSR count).